The number of unbranched alkanes of at least 4 members (excludes halogenated alkanes) is 2. The molecule has 0 saturated carbocycles. The molecule has 11 heavy (non-hydrogen) atoms. The molecule has 1 rings (SSSR count). The molecule has 0 aromatic rings. The molecule has 0 aromatic heterocycles. The first-order chi connectivity index (χ1) is 5.25. The topological polar surface area (TPSA) is 38.5 Å². The van der Waals surface area contributed by atoms with Crippen LogP contribution in [0.2, 0.25) is 0 Å². The van der Waals surface area contributed by atoms with E-state index in [2.05, 4.69) is 13.8 Å². The third-order valence-corrected chi connectivity index (χ3v) is 2.03. The average molecular weight is 155 g/mol. The molecule has 0 spiro atoms. The molecule has 2 nitrogen and oxygen atoms in total. The van der Waals surface area contributed by atoms with E-state index in [0.717, 1.165) is 12.2 Å². The van der Waals surface area contributed by atoms with Crippen LogP contribution in [0.25, 0.3) is 0 Å². The van der Waals surface area contributed by atoms with Crippen LogP contribution >= 0.6 is 0 Å². The molecule has 64 valence electrons. The maximum atomic E-state index is 5.49. The Bertz CT molecular complexity index is 163. The van der Waals surface area contributed by atoms with Gasteiger partial charge < -0.3 is 4.74 Å². The molecular weight excluding hydrogens is 138 g/mol. The van der Waals surface area contributed by atoms with Gasteiger partial charge in [0.25, 0.3) is 0 Å². The number of nitrogens with two attached hydrogens (primary N) is 1. The maximum Gasteiger partial charge on any atom is 0.205 e. The molecule has 2 heteroatoms. The smallest absolute Gasteiger partial charge is 0.205 e. The Morgan fingerprint density at radius 1 is 1.55 bits per heavy atom. The fourth-order valence-electron chi connectivity index (χ4n) is 1.21. The minimum Gasteiger partial charge on any atom is -0.467 e. The first-order valence-corrected chi connectivity index (χ1v) is 4.37. The first kappa shape index (κ1) is 8.60. The normalized spacial score (nSPS) is 26.3. The van der Waals surface area contributed by atoms with E-state index in [1.807, 2.05) is 0 Å². The lowest BCUT2D eigenvalue weighted by atomic mass is 10.1. The van der Waals surface area contributed by atoms with Crippen LogP contribution in [0.1, 0.15) is 39.5 Å². The number of hydrogen-bond donors (Lipinski definition) is 1. The molecule has 0 amide bonds. The van der Waals surface area contributed by atoms with Crippen molar-refractivity contribution in [2.75, 3.05) is 0 Å². The summed E-state index contributed by atoms with van der Waals surface area (Å²) in [4.78, 5) is 0. The SMILES string of the molecule is CCCCCC(C)=C1OC1N. The predicted molar refractivity (Wildman–Crippen MR) is 45.9 cm³/mol. The maximum absolute atomic E-state index is 5.49. The van der Waals surface area contributed by atoms with E-state index in [0.29, 0.717) is 0 Å². The van der Waals surface area contributed by atoms with Gasteiger partial charge in [0.05, 0.1) is 0 Å². The van der Waals surface area contributed by atoms with Crippen molar-refractivity contribution in [3.8, 4) is 0 Å². The minimum absolute atomic E-state index is 0.0726. The quantitative estimate of drug-likeness (QED) is 0.499. The van der Waals surface area contributed by atoms with Crippen LogP contribution in [0, 0.1) is 0 Å². The summed E-state index contributed by atoms with van der Waals surface area (Å²) < 4.78 is 5.07. The van der Waals surface area contributed by atoms with Crippen molar-refractivity contribution < 1.29 is 4.74 Å². The summed E-state index contributed by atoms with van der Waals surface area (Å²) in [5.74, 6) is 1.03. The van der Waals surface area contributed by atoms with Crippen LogP contribution in [-0.4, -0.2) is 6.23 Å². The summed E-state index contributed by atoms with van der Waals surface area (Å²) in [5.41, 5.74) is 6.83. The van der Waals surface area contributed by atoms with Gasteiger partial charge in [0, 0.05) is 0 Å². The molecule has 1 saturated heterocycles. The Labute approximate surface area is 68.4 Å². The Hall–Kier alpha value is -0.500. The summed E-state index contributed by atoms with van der Waals surface area (Å²) in [5, 5.41) is 0. The lowest BCUT2D eigenvalue weighted by Gasteiger charge is -1.95. The Morgan fingerprint density at radius 3 is 2.64 bits per heavy atom. The van der Waals surface area contributed by atoms with Crippen LogP contribution in [0.5, 0.6) is 0 Å². The van der Waals surface area contributed by atoms with Crippen molar-refractivity contribution in [2.24, 2.45) is 5.73 Å². The zero-order valence-electron chi connectivity index (χ0n) is 7.39. The second kappa shape index (κ2) is 3.77. The van der Waals surface area contributed by atoms with Crippen molar-refractivity contribution in [1.82, 2.24) is 0 Å². The number of epoxide rings is 1. The van der Waals surface area contributed by atoms with Crippen LogP contribution < -0.4 is 5.73 Å². The van der Waals surface area contributed by atoms with Gasteiger partial charge in [-0.25, -0.2) is 0 Å². The molecule has 1 aliphatic rings. The number of rotatable bonds is 4. The molecule has 2 N–H and O–H groups in total. The van der Waals surface area contributed by atoms with Crippen molar-refractivity contribution in [1.29, 1.82) is 0 Å². The highest BCUT2D eigenvalue weighted by molar-refractivity contribution is 5.18. The highest BCUT2D eigenvalue weighted by Crippen LogP contribution is 2.28. The van der Waals surface area contributed by atoms with Gasteiger partial charge in [0.1, 0.15) is 0 Å². The molecule has 1 atom stereocenters. The molecule has 1 aliphatic heterocycles. The molecular formula is C9H17NO. The van der Waals surface area contributed by atoms with E-state index in [9.17, 15) is 0 Å². The van der Waals surface area contributed by atoms with Gasteiger partial charge in [-0.15, -0.1) is 0 Å². The van der Waals surface area contributed by atoms with Crippen LogP contribution in [0.3, 0.4) is 0 Å². The van der Waals surface area contributed by atoms with Gasteiger partial charge in [-0.05, 0) is 25.3 Å². The molecule has 1 unspecified atom stereocenters. The number of hydrogen-bond acceptors (Lipinski definition) is 2. The summed E-state index contributed by atoms with van der Waals surface area (Å²) in [6.07, 6.45) is 4.92. The van der Waals surface area contributed by atoms with Gasteiger partial charge in [0.15, 0.2) is 5.76 Å². The summed E-state index contributed by atoms with van der Waals surface area (Å²) in [7, 11) is 0. The number of ether oxygens (including phenoxy) is 1. The van der Waals surface area contributed by atoms with Crippen molar-refractivity contribution in [2.45, 2.75) is 45.8 Å². The second-order valence-corrected chi connectivity index (χ2v) is 3.14. The third kappa shape index (κ3) is 2.54. The average Bonchev–Trinajstić information content (AvgIpc) is 2.67. The lowest BCUT2D eigenvalue weighted by Crippen LogP contribution is -1.98. The zero-order chi connectivity index (χ0) is 8.27. The summed E-state index contributed by atoms with van der Waals surface area (Å²) in [6.45, 7) is 4.32. The first-order valence-electron chi connectivity index (χ1n) is 4.37. The molecule has 0 radical (unpaired) electrons. The Kier molecular flexibility index (Phi) is 2.94. The largest absolute Gasteiger partial charge is 0.467 e. The van der Waals surface area contributed by atoms with E-state index in [1.165, 1.54) is 24.8 Å². The van der Waals surface area contributed by atoms with Crippen molar-refractivity contribution in [3.05, 3.63) is 11.3 Å². The fraction of sp³-hybridized carbons (Fsp3) is 0.778. The highest BCUT2D eigenvalue weighted by atomic mass is 16.6. The van der Waals surface area contributed by atoms with Crippen LogP contribution in [0.15, 0.2) is 11.3 Å². The molecule has 0 bridgehead atoms. The van der Waals surface area contributed by atoms with E-state index in [1.54, 1.807) is 0 Å². The predicted octanol–water partition coefficient (Wildman–Crippen LogP) is 2.16. The van der Waals surface area contributed by atoms with E-state index in [4.69, 9.17) is 10.5 Å². The lowest BCUT2D eigenvalue weighted by molar-refractivity contribution is 0.432. The monoisotopic (exact) mass is 155 g/mol. The summed E-state index contributed by atoms with van der Waals surface area (Å²) >= 11 is 0. The molecule has 0 aliphatic carbocycles. The van der Waals surface area contributed by atoms with E-state index >= 15 is 0 Å². The Balaban J connectivity index is 2.17. The van der Waals surface area contributed by atoms with Crippen LogP contribution in [-0.2, 0) is 4.74 Å². The second-order valence-electron chi connectivity index (χ2n) is 3.14. The highest BCUT2D eigenvalue weighted by Gasteiger charge is 2.29. The van der Waals surface area contributed by atoms with Gasteiger partial charge in [0.2, 0.25) is 6.23 Å². The zero-order valence-corrected chi connectivity index (χ0v) is 7.39. The van der Waals surface area contributed by atoms with Crippen LogP contribution in [0.4, 0.5) is 0 Å². The van der Waals surface area contributed by atoms with E-state index in [-0.39, 0.29) is 6.23 Å². The number of allylic oxidation sites excluding steroid dienone is 1. The fourth-order valence-corrected chi connectivity index (χ4v) is 1.21. The van der Waals surface area contributed by atoms with E-state index < -0.39 is 0 Å². The summed E-state index contributed by atoms with van der Waals surface area (Å²) in [6, 6.07) is 0. The molecule has 0 aromatic carbocycles. The van der Waals surface area contributed by atoms with Gasteiger partial charge in [-0.2, -0.15) is 0 Å². The molecule has 1 fully saturated rings. The standard InChI is InChI=1S/C9H17NO/c1-3-4-5-6-7(2)8-9(10)11-8/h9H,3-6,10H2,1-2H3. The Morgan fingerprint density at radius 2 is 2.18 bits per heavy atom. The van der Waals surface area contributed by atoms with Gasteiger partial charge in [-0.3, -0.25) is 5.73 Å². The van der Waals surface area contributed by atoms with Gasteiger partial charge in [-0.1, -0.05) is 19.8 Å². The van der Waals surface area contributed by atoms with Crippen molar-refractivity contribution >= 4 is 0 Å². The third-order valence-electron chi connectivity index (χ3n) is 2.03. The minimum atomic E-state index is -0.0726. The molecule has 1 heterocycles. The van der Waals surface area contributed by atoms with Crippen molar-refractivity contribution in [3.63, 3.8) is 0 Å². The van der Waals surface area contributed by atoms with Gasteiger partial charge >= 0.3 is 0 Å².